The van der Waals surface area contributed by atoms with Gasteiger partial charge in [0.2, 0.25) is 0 Å². The first-order valence-electron chi connectivity index (χ1n) is 4.65. The Hall–Kier alpha value is -1.19. The molecule has 0 spiro atoms. The molecular weight excluding hydrogens is 178 g/mol. The Balaban J connectivity index is 2.33. The molecule has 1 aromatic carbocycles. The number of aliphatic imine (C=N–C) groups is 1. The number of rotatable bonds is 5. The van der Waals surface area contributed by atoms with Crippen LogP contribution in [-0.2, 0) is 6.54 Å². The molecule has 1 rings (SSSR count). The van der Waals surface area contributed by atoms with Crippen molar-refractivity contribution in [2.45, 2.75) is 19.1 Å². The van der Waals surface area contributed by atoms with Crippen LogP contribution in [-0.4, -0.2) is 29.1 Å². The van der Waals surface area contributed by atoms with Gasteiger partial charge < -0.3 is 10.2 Å². The number of aliphatic hydroxyl groups excluding tert-OH is 2. The van der Waals surface area contributed by atoms with E-state index < -0.39 is 6.10 Å². The standard InChI is InChI=1S/C11H15NO2/c13-7-6-11(14)9-12-8-10-4-2-1-3-5-10/h1-5,9,11,13-14H,6-8H2. The molecule has 3 nitrogen and oxygen atoms in total. The van der Waals surface area contributed by atoms with Crippen molar-refractivity contribution < 1.29 is 10.2 Å². The second-order valence-electron chi connectivity index (χ2n) is 3.05. The zero-order chi connectivity index (χ0) is 10.2. The fourth-order valence-corrected chi connectivity index (χ4v) is 1.07. The lowest BCUT2D eigenvalue weighted by molar-refractivity contribution is 0.186. The van der Waals surface area contributed by atoms with Crippen LogP contribution in [0, 0.1) is 0 Å². The summed E-state index contributed by atoms with van der Waals surface area (Å²) < 4.78 is 0. The van der Waals surface area contributed by atoms with Crippen LogP contribution in [0.15, 0.2) is 35.3 Å². The highest BCUT2D eigenvalue weighted by Gasteiger charge is 1.96. The van der Waals surface area contributed by atoms with Crippen LogP contribution < -0.4 is 0 Å². The quantitative estimate of drug-likeness (QED) is 0.685. The van der Waals surface area contributed by atoms with Gasteiger partial charge in [0.15, 0.2) is 0 Å². The second-order valence-corrected chi connectivity index (χ2v) is 3.05. The van der Waals surface area contributed by atoms with Crippen LogP contribution >= 0.6 is 0 Å². The Kier molecular flexibility index (Phi) is 4.89. The van der Waals surface area contributed by atoms with Gasteiger partial charge in [-0.3, -0.25) is 4.99 Å². The molecule has 2 N–H and O–H groups in total. The summed E-state index contributed by atoms with van der Waals surface area (Å²) >= 11 is 0. The van der Waals surface area contributed by atoms with Crippen molar-refractivity contribution in [1.29, 1.82) is 0 Å². The first kappa shape index (κ1) is 10.9. The fraction of sp³-hybridized carbons (Fsp3) is 0.364. The largest absolute Gasteiger partial charge is 0.396 e. The van der Waals surface area contributed by atoms with E-state index in [9.17, 15) is 5.11 Å². The third-order valence-electron chi connectivity index (χ3n) is 1.82. The molecule has 0 aliphatic heterocycles. The number of hydrogen-bond donors (Lipinski definition) is 2. The second kappa shape index (κ2) is 6.29. The molecule has 0 aromatic heterocycles. The Morgan fingerprint density at radius 1 is 1.29 bits per heavy atom. The van der Waals surface area contributed by atoms with Crippen molar-refractivity contribution in [2.24, 2.45) is 4.99 Å². The van der Waals surface area contributed by atoms with Gasteiger partial charge in [-0.2, -0.15) is 0 Å². The summed E-state index contributed by atoms with van der Waals surface area (Å²) in [7, 11) is 0. The van der Waals surface area contributed by atoms with Crippen LogP contribution in [0.2, 0.25) is 0 Å². The van der Waals surface area contributed by atoms with Gasteiger partial charge in [0.1, 0.15) is 0 Å². The molecule has 14 heavy (non-hydrogen) atoms. The molecule has 1 aromatic rings. The van der Waals surface area contributed by atoms with Crippen molar-refractivity contribution in [2.75, 3.05) is 6.61 Å². The number of nitrogens with zero attached hydrogens (tertiary/aromatic N) is 1. The van der Waals surface area contributed by atoms with Gasteiger partial charge in [0, 0.05) is 19.2 Å². The van der Waals surface area contributed by atoms with E-state index in [4.69, 9.17) is 5.11 Å². The minimum Gasteiger partial charge on any atom is -0.396 e. The van der Waals surface area contributed by atoms with Gasteiger partial charge in [-0.25, -0.2) is 0 Å². The molecule has 0 amide bonds. The van der Waals surface area contributed by atoms with Crippen LogP contribution in [0.1, 0.15) is 12.0 Å². The average Bonchev–Trinajstić information content (AvgIpc) is 2.20. The average molecular weight is 193 g/mol. The highest BCUT2D eigenvalue weighted by atomic mass is 16.3. The molecule has 0 bridgehead atoms. The van der Waals surface area contributed by atoms with Crippen LogP contribution in [0.25, 0.3) is 0 Å². The normalized spacial score (nSPS) is 13.3. The maximum atomic E-state index is 9.22. The first-order valence-corrected chi connectivity index (χ1v) is 4.65. The van der Waals surface area contributed by atoms with Crippen LogP contribution in [0.4, 0.5) is 0 Å². The van der Waals surface area contributed by atoms with Gasteiger partial charge in [-0.1, -0.05) is 30.3 Å². The Labute approximate surface area is 83.7 Å². The number of hydrogen-bond acceptors (Lipinski definition) is 3. The zero-order valence-corrected chi connectivity index (χ0v) is 8.00. The van der Waals surface area contributed by atoms with E-state index >= 15 is 0 Å². The maximum Gasteiger partial charge on any atom is 0.0908 e. The summed E-state index contributed by atoms with van der Waals surface area (Å²) in [4.78, 5) is 4.07. The van der Waals surface area contributed by atoms with Crippen molar-refractivity contribution in [3.8, 4) is 0 Å². The van der Waals surface area contributed by atoms with E-state index in [-0.39, 0.29) is 6.61 Å². The highest BCUT2D eigenvalue weighted by molar-refractivity contribution is 5.62. The third kappa shape index (κ3) is 4.16. The van der Waals surface area contributed by atoms with Crippen LogP contribution in [0.5, 0.6) is 0 Å². The summed E-state index contributed by atoms with van der Waals surface area (Å²) in [6.45, 7) is 0.557. The summed E-state index contributed by atoms with van der Waals surface area (Å²) in [5.74, 6) is 0. The van der Waals surface area contributed by atoms with Gasteiger partial charge in [0.25, 0.3) is 0 Å². The molecular formula is C11H15NO2. The molecule has 0 fully saturated rings. The summed E-state index contributed by atoms with van der Waals surface area (Å²) in [6.07, 6.45) is 1.19. The van der Waals surface area contributed by atoms with E-state index in [1.807, 2.05) is 30.3 Å². The minimum atomic E-state index is -0.635. The fourth-order valence-electron chi connectivity index (χ4n) is 1.07. The van der Waals surface area contributed by atoms with E-state index in [2.05, 4.69) is 4.99 Å². The monoisotopic (exact) mass is 193 g/mol. The Morgan fingerprint density at radius 2 is 2.00 bits per heavy atom. The number of aliphatic hydroxyl groups is 2. The lowest BCUT2D eigenvalue weighted by atomic mass is 10.2. The van der Waals surface area contributed by atoms with Crippen molar-refractivity contribution in [1.82, 2.24) is 0 Å². The summed E-state index contributed by atoms with van der Waals surface area (Å²) in [5.41, 5.74) is 1.11. The van der Waals surface area contributed by atoms with E-state index in [1.165, 1.54) is 6.21 Å². The van der Waals surface area contributed by atoms with Crippen molar-refractivity contribution >= 4 is 6.21 Å². The molecule has 0 saturated carbocycles. The number of benzene rings is 1. The van der Waals surface area contributed by atoms with Gasteiger partial charge in [-0.05, 0) is 5.56 Å². The highest BCUT2D eigenvalue weighted by Crippen LogP contribution is 1.99. The lowest BCUT2D eigenvalue weighted by Crippen LogP contribution is -2.10. The molecule has 0 aliphatic rings. The molecule has 0 saturated heterocycles. The van der Waals surface area contributed by atoms with Crippen molar-refractivity contribution in [3.05, 3.63) is 35.9 Å². The van der Waals surface area contributed by atoms with Crippen molar-refractivity contribution in [3.63, 3.8) is 0 Å². The van der Waals surface area contributed by atoms with Gasteiger partial charge in [-0.15, -0.1) is 0 Å². The molecule has 1 unspecified atom stereocenters. The van der Waals surface area contributed by atoms with E-state index in [0.717, 1.165) is 5.56 Å². The van der Waals surface area contributed by atoms with E-state index in [1.54, 1.807) is 0 Å². The lowest BCUT2D eigenvalue weighted by Gasteiger charge is -2.00. The van der Waals surface area contributed by atoms with Gasteiger partial charge >= 0.3 is 0 Å². The smallest absolute Gasteiger partial charge is 0.0908 e. The molecule has 76 valence electrons. The van der Waals surface area contributed by atoms with Crippen LogP contribution in [0.3, 0.4) is 0 Å². The molecule has 3 heteroatoms. The van der Waals surface area contributed by atoms with E-state index in [0.29, 0.717) is 13.0 Å². The molecule has 1 atom stereocenters. The summed E-state index contributed by atoms with van der Waals surface area (Å²) in [6, 6.07) is 9.82. The Morgan fingerprint density at radius 3 is 2.64 bits per heavy atom. The summed E-state index contributed by atoms with van der Waals surface area (Å²) in [5, 5.41) is 17.7. The first-order chi connectivity index (χ1) is 6.83. The Bertz CT molecular complexity index is 272. The third-order valence-corrected chi connectivity index (χ3v) is 1.82. The predicted molar refractivity (Wildman–Crippen MR) is 56.3 cm³/mol. The molecule has 0 heterocycles. The zero-order valence-electron chi connectivity index (χ0n) is 8.00. The molecule has 0 aliphatic carbocycles. The SMILES string of the molecule is OCCC(O)C=NCc1ccccc1. The van der Waals surface area contributed by atoms with Gasteiger partial charge in [0.05, 0.1) is 12.6 Å². The maximum absolute atomic E-state index is 9.22. The molecule has 0 radical (unpaired) electrons. The topological polar surface area (TPSA) is 52.8 Å². The minimum absolute atomic E-state index is 0.0154. The predicted octanol–water partition coefficient (Wildman–Crippen LogP) is 1.00.